The average molecular weight is 252 g/mol. The molecule has 0 saturated carbocycles. The van der Waals surface area contributed by atoms with Gasteiger partial charge in [0.25, 0.3) is 5.91 Å². The third kappa shape index (κ3) is 2.57. The molecule has 2 heterocycles. The number of carbonyl (C=O) groups is 2. The van der Waals surface area contributed by atoms with Crippen molar-refractivity contribution in [3.63, 3.8) is 0 Å². The van der Waals surface area contributed by atoms with Gasteiger partial charge in [0.05, 0.1) is 13.2 Å². The summed E-state index contributed by atoms with van der Waals surface area (Å²) >= 11 is 0. The van der Waals surface area contributed by atoms with Crippen LogP contribution in [0.4, 0.5) is 0 Å². The normalized spacial score (nSPS) is 19.6. The molecule has 1 unspecified atom stereocenters. The SMILES string of the molecule is O=C(O)C1CN(C(=O)c2cccc(=O)[nH]2)CCO1. The summed E-state index contributed by atoms with van der Waals surface area (Å²) in [6, 6.07) is 4.26. The molecule has 1 fully saturated rings. The van der Waals surface area contributed by atoms with Crippen LogP contribution in [0.15, 0.2) is 23.0 Å². The van der Waals surface area contributed by atoms with E-state index in [1.807, 2.05) is 0 Å². The molecule has 1 amide bonds. The monoisotopic (exact) mass is 252 g/mol. The predicted octanol–water partition coefficient (Wildman–Crippen LogP) is -0.700. The molecule has 0 spiro atoms. The number of carbonyl (C=O) groups excluding carboxylic acids is 1. The fourth-order valence-electron chi connectivity index (χ4n) is 1.73. The highest BCUT2D eigenvalue weighted by molar-refractivity contribution is 5.92. The Kier molecular flexibility index (Phi) is 3.42. The number of hydrogen-bond donors (Lipinski definition) is 2. The fraction of sp³-hybridized carbons (Fsp3) is 0.364. The smallest absolute Gasteiger partial charge is 0.334 e. The van der Waals surface area contributed by atoms with Gasteiger partial charge in [0.2, 0.25) is 5.56 Å². The van der Waals surface area contributed by atoms with Crippen LogP contribution in [0.25, 0.3) is 0 Å². The summed E-state index contributed by atoms with van der Waals surface area (Å²) in [6.45, 7) is 0.449. The molecule has 0 bridgehead atoms. The van der Waals surface area contributed by atoms with Crippen LogP contribution in [-0.2, 0) is 9.53 Å². The van der Waals surface area contributed by atoms with Crippen molar-refractivity contribution in [2.24, 2.45) is 0 Å². The Bertz CT molecular complexity index is 524. The quantitative estimate of drug-likeness (QED) is 0.725. The lowest BCUT2D eigenvalue weighted by atomic mass is 10.2. The topological polar surface area (TPSA) is 99.7 Å². The second-order valence-electron chi connectivity index (χ2n) is 3.88. The molecule has 1 aliphatic rings. The van der Waals surface area contributed by atoms with Gasteiger partial charge >= 0.3 is 5.97 Å². The largest absolute Gasteiger partial charge is 0.479 e. The van der Waals surface area contributed by atoms with Crippen molar-refractivity contribution in [3.05, 3.63) is 34.2 Å². The van der Waals surface area contributed by atoms with Gasteiger partial charge in [-0.05, 0) is 6.07 Å². The Morgan fingerprint density at radius 3 is 2.89 bits per heavy atom. The Hall–Kier alpha value is -2.15. The second-order valence-corrected chi connectivity index (χ2v) is 3.88. The van der Waals surface area contributed by atoms with Crippen LogP contribution < -0.4 is 5.56 Å². The zero-order valence-corrected chi connectivity index (χ0v) is 9.46. The number of amides is 1. The summed E-state index contributed by atoms with van der Waals surface area (Å²) in [6.07, 6.45) is -1.02. The van der Waals surface area contributed by atoms with Gasteiger partial charge in [0.15, 0.2) is 6.10 Å². The number of hydrogen-bond acceptors (Lipinski definition) is 4. The van der Waals surface area contributed by atoms with E-state index in [2.05, 4.69) is 4.98 Å². The molecule has 18 heavy (non-hydrogen) atoms. The summed E-state index contributed by atoms with van der Waals surface area (Å²) in [5, 5.41) is 8.83. The van der Waals surface area contributed by atoms with Crippen molar-refractivity contribution in [1.82, 2.24) is 9.88 Å². The molecular formula is C11H12N2O5. The van der Waals surface area contributed by atoms with Crippen LogP contribution in [0.3, 0.4) is 0 Å². The molecule has 0 aliphatic carbocycles. The highest BCUT2D eigenvalue weighted by Crippen LogP contribution is 2.08. The van der Waals surface area contributed by atoms with E-state index in [1.165, 1.54) is 23.1 Å². The van der Waals surface area contributed by atoms with E-state index in [9.17, 15) is 14.4 Å². The first-order chi connectivity index (χ1) is 8.58. The van der Waals surface area contributed by atoms with Crippen LogP contribution in [0.1, 0.15) is 10.5 Å². The minimum absolute atomic E-state index is 0.0227. The number of morpholine rings is 1. The van der Waals surface area contributed by atoms with Crippen LogP contribution in [0.2, 0.25) is 0 Å². The van der Waals surface area contributed by atoms with Crippen LogP contribution in [-0.4, -0.2) is 52.7 Å². The lowest BCUT2D eigenvalue weighted by Gasteiger charge is -2.30. The molecule has 7 nitrogen and oxygen atoms in total. The van der Waals surface area contributed by atoms with Crippen molar-refractivity contribution in [2.45, 2.75) is 6.10 Å². The van der Waals surface area contributed by atoms with Crippen molar-refractivity contribution < 1.29 is 19.4 Å². The van der Waals surface area contributed by atoms with E-state index in [-0.39, 0.29) is 24.4 Å². The number of aromatic nitrogens is 1. The lowest BCUT2D eigenvalue weighted by Crippen LogP contribution is -2.48. The van der Waals surface area contributed by atoms with E-state index in [1.54, 1.807) is 0 Å². The first-order valence-corrected chi connectivity index (χ1v) is 5.41. The van der Waals surface area contributed by atoms with Gasteiger partial charge in [-0.3, -0.25) is 9.59 Å². The minimum Gasteiger partial charge on any atom is -0.479 e. The van der Waals surface area contributed by atoms with Crippen LogP contribution >= 0.6 is 0 Å². The standard InChI is InChI=1S/C11H12N2O5/c14-9-3-1-2-7(12-9)10(15)13-4-5-18-8(6-13)11(16)17/h1-3,8H,4-6H2,(H,12,14)(H,16,17). The van der Waals surface area contributed by atoms with E-state index >= 15 is 0 Å². The highest BCUT2D eigenvalue weighted by atomic mass is 16.5. The minimum atomic E-state index is -1.10. The van der Waals surface area contributed by atoms with Gasteiger partial charge < -0.3 is 19.7 Å². The third-order valence-electron chi connectivity index (χ3n) is 2.63. The Morgan fingerprint density at radius 1 is 1.44 bits per heavy atom. The van der Waals surface area contributed by atoms with E-state index in [0.717, 1.165) is 0 Å². The number of aliphatic carboxylic acids is 1. The van der Waals surface area contributed by atoms with Gasteiger partial charge in [-0.2, -0.15) is 0 Å². The molecule has 0 radical (unpaired) electrons. The third-order valence-corrected chi connectivity index (χ3v) is 2.63. The van der Waals surface area contributed by atoms with Crippen molar-refractivity contribution in [1.29, 1.82) is 0 Å². The summed E-state index contributed by atoms with van der Waals surface area (Å²) in [4.78, 5) is 37.7. The molecule has 2 N–H and O–H groups in total. The average Bonchev–Trinajstić information content (AvgIpc) is 2.38. The molecule has 7 heteroatoms. The Morgan fingerprint density at radius 2 is 2.22 bits per heavy atom. The zero-order chi connectivity index (χ0) is 13.1. The number of nitrogens with one attached hydrogen (secondary N) is 1. The molecule has 1 aromatic rings. The maximum absolute atomic E-state index is 12.0. The van der Waals surface area contributed by atoms with Gasteiger partial charge in [-0.15, -0.1) is 0 Å². The van der Waals surface area contributed by atoms with E-state index in [4.69, 9.17) is 9.84 Å². The summed E-state index contributed by atoms with van der Waals surface area (Å²) in [5.74, 6) is -1.50. The zero-order valence-electron chi connectivity index (χ0n) is 9.46. The summed E-state index contributed by atoms with van der Waals surface area (Å²) in [7, 11) is 0. The number of nitrogens with zero attached hydrogens (tertiary/aromatic N) is 1. The maximum Gasteiger partial charge on any atom is 0.334 e. The molecule has 1 aromatic heterocycles. The number of ether oxygens (including phenoxy) is 1. The molecular weight excluding hydrogens is 240 g/mol. The molecule has 96 valence electrons. The molecule has 0 aromatic carbocycles. The number of carboxylic acids is 1. The van der Waals surface area contributed by atoms with E-state index in [0.29, 0.717) is 6.54 Å². The van der Waals surface area contributed by atoms with Gasteiger partial charge in [0, 0.05) is 12.6 Å². The number of H-pyrrole nitrogens is 1. The summed E-state index contributed by atoms with van der Waals surface area (Å²) < 4.78 is 5.01. The predicted molar refractivity (Wildman–Crippen MR) is 60.3 cm³/mol. The fourth-order valence-corrected chi connectivity index (χ4v) is 1.73. The highest BCUT2D eigenvalue weighted by Gasteiger charge is 2.29. The molecule has 2 rings (SSSR count). The molecule has 1 atom stereocenters. The first kappa shape index (κ1) is 12.3. The Balaban J connectivity index is 2.14. The van der Waals surface area contributed by atoms with Crippen LogP contribution in [0, 0.1) is 0 Å². The lowest BCUT2D eigenvalue weighted by molar-refractivity contribution is -0.154. The maximum atomic E-state index is 12.0. The first-order valence-electron chi connectivity index (χ1n) is 5.41. The molecule has 1 aliphatic heterocycles. The summed E-state index contributed by atoms with van der Waals surface area (Å²) in [5.41, 5.74) is -0.225. The number of carboxylic acid groups (broad SMARTS) is 1. The number of rotatable bonds is 2. The van der Waals surface area contributed by atoms with Crippen molar-refractivity contribution in [2.75, 3.05) is 19.7 Å². The molecule has 1 saturated heterocycles. The number of pyridine rings is 1. The van der Waals surface area contributed by atoms with Crippen LogP contribution in [0.5, 0.6) is 0 Å². The number of aromatic amines is 1. The van der Waals surface area contributed by atoms with Crippen molar-refractivity contribution >= 4 is 11.9 Å². The second kappa shape index (κ2) is 5.01. The Labute approximate surface area is 102 Å². The van der Waals surface area contributed by atoms with Gasteiger partial charge in [0.1, 0.15) is 5.69 Å². The van der Waals surface area contributed by atoms with Gasteiger partial charge in [-0.1, -0.05) is 6.07 Å². The van der Waals surface area contributed by atoms with Crippen molar-refractivity contribution in [3.8, 4) is 0 Å². The van der Waals surface area contributed by atoms with E-state index < -0.39 is 18.0 Å². The van der Waals surface area contributed by atoms with Gasteiger partial charge in [-0.25, -0.2) is 4.79 Å².